The number of halogens is 1. The smallest absolute Gasteiger partial charge is 0.274 e. The molecule has 0 radical (unpaired) electrons. The molecule has 0 aliphatic heterocycles. The van der Waals surface area contributed by atoms with Crippen LogP contribution in [0.5, 0.6) is 0 Å². The molecule has 0 aliphatic carbocycles. The lowest BCUT2D eigenvalue weighted by atomic mass is 9.94. The highest BCUT2D eigenvalue weighted by molar-refractivity contribution is 9.10. The van der Waals surface area contributed by atoms with E-state index in [9.17, 15) is 4.79 Å². The van der Waals surface area contributed by atoms with Crippen LogP contribution in [0.2, 0.25) is 0 Å². The Morgan fingerprint density at radius 2 is 1.21 bits per heavy atom. The van der Waals surface area contributed by atoms with Crippen molar-refractivity contribution in [2.45, 2.75) is 12.8 Å². The van der Waals surface area contributed by atoms with Crippen LogP contribution in [0.25, 0.3) is 22.0 Å². The Hall–Kier alpha value is -4.15. The Morgan fingerprint density at radius 3 is 1.87 bits per heavy atom. The zero-order chi connectivity index (χ0) is 26.3. The van der Waals surface area contributed by atoms with Gasteiger partial charge in [-0.05, 0) is 52.8 Å². The minimum atomic E-state index is -0.000657. The highest BCUT2D eigenvalue weighted by Crippen LogP contribution is 2.30. The molecule has 0 spiro atoms. The van der Waals surface area contributed by atoms with Crippen molar-refractivity contribution in [2.75, 3.05) is 0 Å². The number of pyridine rings is 1. The molecular weight excluding hydrogens is 532 g/mol. The number of aromatic nitrogens is 2. The second-order valence-electron chi connectivity index (χ2n) is 9.30. The highest BCUT2D eigenvalue weighted by atomic mass is 79.9. The van der Waals surface area contributed by atoms with Crippen molar-refractivity contribution >= 4 is 26.8 Å². The van der Waals surface area contributed by atoms with Crippen molar-refractivity contribution in [3.63, 3.8) is 0 Å². The molecule has 0 saturated heterocycles. The van der Waals surface area contributed by atoms with Gasteiger partial charge in [0.1, 0.15) is 5.52 Å². The van der Waals surface area contributed by atoms with Gasteiger partial charge in [-0.1, -0.05) is 119 Å². The van der Waals surface area contributed by atoms with Crippen LogP contribution in [0, 0.1) is 0 Å². The van der Waals surface area contributed by atoms with E-state index in [4.69, 9.17) is 0 Å². The molecule has 188 valence electrons. The Kier molecular flexibility index (Phi) is 8.01. The lowest BCUT2D eigenvalue weighted by molar-refractivity contribution is 0.872. The summed E-state index contributed by atoms with van der Waals surface area (Å²) in [5.41, 5.74) is 8.12. The molecule has 2 heterocycles. The van der Waals surface area contributed by atoms with E-state index in [2.05, 4.69) is 106 Å². The van der Waals surface area contributed by atoms with E-state index in [0.717, 1.165) is 23.8 Å². The summed E-state index contributed by atoms with van der Waals surface area (Å²) in [4.78, 5) is 15.4. The fourth-order valence-electron chi connectivity index (χ4n) is 4.69. The van der Waals surface area contributed by atoms with Crippen LogP contribution in [0.3, 0.4) is 0 Å². The molecular formula is C34H29BrN2O. The molecule has 6 aromatic rings. The average Bonchev–Trinajstić information content (AvgIpc) is 3.45. The molecule has 0 bridgehead atoms. The summed E-state index contributed by atoms with van der Waals surface area (Å²) in [6.45, 7) is 0. The SMILES string of the molecule is Brc1ccccc1Cc1ccccc1.Cn1cc(-c2ccccc2Cc2ccccc2)c2cc[nH]c2c1=O. The highest BCUT2D eigenvalue weighted by Gasteiger charge is 2.13. The predicted octanol–water partition coefficient (Wildman–Crippen LogP) is 8.16. The van der Waals surface area contributed by atoms with Gasteiger partial charge >= 0.3 is 0 Å². The van der Waals surface area contributed by atoms with E-state index in [1.807, 2.05) is 42.7 Å². The molecule has 0 atom stereocenters. The number of nitrogens with zero attached hydrogens (tertiary/aromatic N) is 1. The van der Waals surface area contributed by atoms with Crippen LogP contribution in [-0.4, -0.2) is 9.55 Å². The number of aromatic amines is 1. The van der Waals surface area contributed by atoms with Crippen molar-refractivity contribution in [1.82, 2.24) is 9.55 Å². The quantitative estimate of drug-likeness (QED) is 0.227. The molecule has 4 aromatic carbocycles. The average molecular weight is 562 g/mol. The van der Waals surface area contributed by atoms with E-state index < -0.39 is 0 Å². The van der Waals surface area contributed by atoms with Gasteiger partial charge in [-0.2, -0.15) is 0 Å². The molecule has 38 heavy (non-hydrogen) atoms. The zero-order valence-electron chi connectivity index (χ0n) is 21.3. The normalized spacial score (nSPS) is 10.7. The summed E-state index contributed by atoms with van der Waals surface area (Å²) in [5, 5.41) is 0.971. The van der Waals surface area contributed by atoms with E-state index in [0.29, 0.717) is 5.52 Å². The van der Waals surface area contributed by atoms with Gasteiger partial charge in [0.25, 0.3) is 5.56 Å². The Bertz CT molecular complexity index is 1700. The van der Waals surface area contributed by atoms with E-state index in [-0.39, 0.29) is 5.56 Å². The molecule has 2 aromatic heterocycles. The van der Waals surface area contributed by atoms with Crippen LogP contribution < -0.4 is 5.56 Å². The predicted molar refractivity (Wildman–Crippen MR) is 162 cm³/mol. The van der Waals surface area contributed by atoms with Gasteiger partial charge in [-0.15, -0.1) is 0 Å². The van der Waals surface area contributed by atoms with Gasteiger partial charge in [-0.3, -0.25) is 4.79 Å². The summed E-state index contributed by atoms with van der Waals surface area (Å²) >= 11 is 3.55. The van der Waals surface area contributed by atoms with E-state index >= 15 is 0 Å². The first-order chi connectivity index (χ1) is 18.6. The first-order valence-corrected chi connectivity index (χ1v) is 13.5. The van der Waals surface area contributed by atoms with Crippen molar-refractivity contribution < 1.29 is 0 Å². The summed E-state index contributed by atoms with van der Waals surface area (Å²) in [6, 6.07) is 39.7. The van der Waals surface area contributed by atoms with Gasteiger partial charge < -0.3 is 9.55 Å². The maximum absolute atomic E-state index is 12.3. The van der Waals surface area contributed by atoms with Crippen LogP contribution in [-0.2, 0) is 19.9 Å². The third kappa shape index (κ3) is 5.87. The molecule has 0 aliphatic rings. The molecule has 1 N–H and O–H groups in total. The second kappa shape index (κ2) is 11.9. The Labute approximate surface area is 231 Å². The fraction of sp³-hybridized carbons (Fsp3) is 0.0882. The number of benzene rings is 4. The van der Waals surface area contributed by atoms with Gasteiger partial charge in [-0.25, -0.2) is 0 Å². The van der Waals surface area contributed by atoms with Gasteiger partial charge in [0.05, 0.1) is 0 Å². The molecule has 0 amide bonds. The van der Waals surface area contributed by atoms with E-state index in [1.54, 1.807) is 11.6 Å². The maximum atomic E-state index is 12.3. The zero-order valence-corrected chi connectivity index (χ0v) is 22.9. The van der Waals surface area contributed by atoms with Crippen LogP contribution in [0.4, 0.5) is 0 Å². The molecule has 0 unspecified atom stereocenters. The van der Waals surface area contributed by atoms with Crippen molar-refractivity contribution in [2.24, 2.45) is 7.05 Å². The lowest BCUT2D eigenvalue weighted by Gasteiger charge is -2.12. The van der Waals surface area contributed by atoms with Crippen molar-refractivity contribution in [1.29, 1.82) is 0 Å². The minimum Gasteiger partial charge on any atom is -0.357 e. The first-order valence-electron chi connectivity index (χ1n) is 12.7. The summed E-state index contributed by atoms with van der Waals surface area (Å²) in [5.74, 6) is 0. The third-order valence-electron chi connectivity index (χ3n) is 6.63. The van der Waals surface area contributed by atoms with Crippen LogP contribution in [0.1, 0.15) is 22.3 Å². The maximum Gasteiger partial charge on any atom is 0.274 e. The third-order valence-corrected chi connectivity index (χ3v) is 7.41. The molecule has 0 saturated carbocycles. The number of hydrogen-bond donors (Lipinski definition) is 1. The molecule has 6 rings (SSSR count). The van der Waals surface area contributed by atoms with Gasteiger partial charge in [0, 0.05) is 34.9 Å². The van der Waals surface area contributed by atoms with Gasteiger partial charge in [0.2, 0.25) is 0 Å². The number of hydrogen-bond acceptors (Lipinski definition) is 1. The fourth-order valence-corrected chi connectivity index (χ4v) is 5.12. The number of aryl methyl sites for hydroxylation is 1. The summed E-state index contributed by atoms with van der Waals surface area (Å²) in [7, 11) is 1.80. The standard InChI is InChI=1S/C21H18N2O.C13H11Br/c1-23-14-19(18-11-12-22-20(18)21(23)24)17-10-6-5-9-16(17)13-15-7-3-2-4-8-15;14-13-9-5-4-8-12(13)10-11-6-2-1-3-7-11/h2-12,14,22H,13H2,1H3;1-9H,10H2. The first kappa shape index (κ1) is 25.5. The Morgan fingerprint density at radius 1 is 0.658 bits per heavy atom. The topological polar surface area (TPSA) is 37.8 Å². The second-order valence-corrected chi connectivity index (χ2v) is 10.2. The number of nitrogens with one attached hydrogen (secondary N) is 1. The number of fused-ring (bicyclic) bond motifs is 1. The van der Waals surface area contributed by atoms with Crippen LogP contribution in [0.15, 0.2) is 137 Å². The summed E-state index contributed by atoms with van der Waals surface area (Å²) < 4.78 is 2.83. The molecule has 3 nitrogen and oxygen atoms in total. The molecule has 4 heteroatoms. The monoisotopic (exact) mass is 560 g/mol. The number of rotatable bonds is 5. The minimum absolute atomic E-state index is 0.000657. The van der Waals surface area contributed by atoms with Crippen LogP contribution >= 0.6 is 15.9 Å². The van der Waals surface area contributed by atoms with E-state index in [1.165, 1.54) is 32.3 Å². The summed E-state index contributed by atoms with van der Waals surface area (Å²) in [6.07, 6.45) is 5.62. The van der Waals surface area contributed by atoms with Gasteiger partial charge in [0.15, 0.2) is 0 Å². The van der Waals surface area contributed by atoms with Crippen molar-refractivity contribution in [3.05, 3.63) is 165 Å². The lowest BCUT2D eigenvalue weighted by Crippen LogP contribution is -2.16. The molecule has 0 fully saturated rings. The van der Waals surface area contributed by atoms with Crippen molar-refractivity contribution in [3.8, 4) is 11.1 Å². The largest absolute Gasteiger partial charge is 0.357 e. The Balaban J connectivity index is 0.000000179. The number of H-pyrrole nitrogens is 1.